The van der Waals surface area contributed by atoms with Crippen molar-refractivity contribution in [3.05, 3.63) is 24.3 Å². The highest BCUT2D eigenvalue weighted by molar-refractivity contribution is 5.89. The van der Waals surface area contributed by atoms with E-state index in [-0.39, 0.29) is 0 Å². The fourth-order valence-electron chi connectivity index (χ4n) is 1.50. The van der Waals surface area contributed by atoms with Gasteiger partial charge < -0.3 is 4.74 Å². The largest absolute Gasteiger partial charge is 0.464 e. The number of anilines is 1. The van der Waals surface area contributed by atoms with Crippen molar-refractivity contribution in [2.45, 2.75) is 6.92 Å². The summed E-state index contributed by atoms with van der Waals surface area (Å²) >= 11 is 0. The Kier molecular flexibility index (Phi) is 2.87. The first-order valence-corrected chi connectivity index (χ1v) is 5.10. The smallest absolute Gasteiger partial charge is 0.318 e. The fourth-order valence-corrected chi connectivity index (χ4v) is 1.50. The van der Waals surface area contributed by atoms with Crippen LogP contribution in [0, 0.1) is 0 Å². The Morgan fingerprint density at radius 1 is 1.31 bits per heavy atom. The lowest BCUT2D eigenvalue weighted by molar-refractivity contribution is 0.314. The number of para-hydroxylation sites is 1. The van der Waals surface area contributed by atoms with E-state index in [2.05, 4.69) is 9.97 Å². The Bertz CT molecular complexity index is 498. The van der Waals surface area contributed by atoms with Crippen molar-refractivity contribution in [1.82, 2.24) is 9.97 Å². The van der Waals surface area contributed by atoms with Gasteiger partial charge in [0, 0.05) is 12.4 Å². The molecule has 0 saturated carbocycles. The van der Waals surface area contributed by atoms with Gasteiger partial charge in [0.15, 0.2) is 5.82 Å². The van der Waals surface area contributed by atoms with E-state index in [0.29, 0.717) is 18.4 Å². The van der Waals surface area contributed by atoms with E-state index in [1.54, 1.807) is 7.05 Å². The standard InChI is InChI=1S/C11H14N4O/c1-3-16-11-13-9-7-5-4-6-8(9)10(14-11)15(2)12/h4-7H,3,12H2,1-2H3. The number of hydrogen-bond donors (Lipinski definition) is 1. The summed E-state index contributed by atoms with van der Waals surface area (Å²) in [5, 5.41) is 2.38. The first kappa shape index (κ1) is 10.6. The van der Waals surface area contributed by atoms with Crippen molar-refractivity contribution in [2.24, 2.45) is 5.84 Å². The molecule has 0 aliphatic rings. The van der Waals surface area contributed by atoms with Crippen molar-refractivity contribution in [2.75, 3.05) is 18.7 Å². The van der Waals surface area contributed by atoms with Gasteiger partial charge >= 0.3 is 6.01 Å². The molecule has 2 aromatic rings. The highest BCUT2D eigenvalue weighted by Gasteiger charge is 2.09. The number of nitrogens with two attached hydrogens (primary N) is 1. The number of ether oxygens (including phenoxy) is 1. The summed E-state index contributed by atoms with van der Waals surface area (Å²) in [5.41, 5.74) is 0.827. The number of fused-ring (bicyclic) bond motifs is 1. The average Bonchev–Trinajstić information content (AvgIpc) is 2.28. The van der Waals surface area contributed by atoms with Crippen LogP contribution in [0.5, 0.6) is 6.01 Å². The highest BCUT2D eigenvalue weighted by atomic mass is 16.5. The summed E-state index contributed by atoms with van der Waals surface area (Å²) in [6.45, 7) is 2.43. The summed E-state index contributed by atoms with van der Waals surface area (Å²) in [5.74, 6) is 6.39. The van der Waals surface area contributed by atoms with E-state index in [9.17, 15) is 0 Å². The van der Waals surface area contributed by atoms with E-state index in [1.165, 1.54) is 5.01 Å². The Labute approximate surface area is 93.8 Å². The highest BCUT2D eigenvalue weighted by Crippen LogP contribution is 2.23. The van der Waals surface area contributed by atoms with Gasteiger partial charge in [0.05, 0.1) is 12.1 Å². The minimum absolute atomic E-state index is 0.355. The molecule has 1 aromatic heterocycles. The minimum Gasteiger partial charge on any atom is -0.464 e. The second-order valence-corrected chi connectivity index (χ2v) is 3.39. The first-order chi connectivity index (χ1) is 7.72. The summed E-state index contributed by atoms with van der Waals surface area (Å²) < 4.78 is 5.30. The third kappa shape index (κ3) is 1.90. The van der Waals surface area contributed by atoms with Gasteiger partial charge in [-0.2, -0.15) is 9.97 Å². The van der Waals surface area contributed by atoms with Gasteiger partial charge in [-0.15, -0.1) is 0 Å². The normalized spacial score (nSPS) is 10.4. The van der Waals surface area contributed by atoms with Gasteiger partial charge in [0.2, 0.25) is 0 Å². The van der Waals surface area contributed by atoms with Gasteiger partial charge in [-0.05, 0) is 19.1 Å². The molecule has 0 atom stereocenters. The first-order valence-electron chi connectivity index (χ1n) is 5.10. The SMILES string of the molecule is CCOc1nc(N(C)N)c2ccccc2n1. The van der Waals surface area contributed by atoms with Crippen LogP contribution in [-0.4, -0.2) is 23.6 Å². The number of hydrogen-bond acceptors (Lipinski definition) is 5. The molecular formula is C11H14N4O. The van der Waals surface area contributed by atoms with Crippen molar-refractivity contribution < 1.29 is 4.74 Å². The molecule has 5 nitrogen and oxygen atoms in total. The molecule has 0 spiro atoms. The molecule has 0 amide bonds. The molecule has 0 aliphatic heterocycles. The Hall–Kier alpha value is -1.88. The van der Waals surface area contributed by atoms with Crippen LogP contribution in [0.25, 0.3) is 10.9 Å². The van der Waals surface area contributed by atoms with Gasteiger partial charge in [0.25, 0.3) is 0 Å². The molecule has 0 saturated heterocycles. The predicted octanol–water partition coefficient (Wildman–Crippen LogP) is 1.34. The zero-order chi connectivity index (χ0) is 11.5. The summed E-state index contributed by atoms with van der Waals surface area (Å²) in [6.07, 6.45) is 0. The van der Waals surface area contributed by atoms with Crippen LogP contribution < -0.4 is 15.6 Å². The molecule has 0 aliphatic carbocycles. The average molecular weight is 218 g/mol. The molecule has 0 unspecified atom stereocenters. The monoisotopic (exact) mass is 218 g/mol. The number of nitrogens with zero attached hydrogens (tertiary/aromatic N) is 3. The summed E-state index contributed by atoms with van der Waals surface area (Å²) in [4.78, 5) is 8.55. The Morgan fingerprint density at radius 2 is 2.06 bits per heavy atom. The van der Waals surface area contributed by atoms with Gasteiger partial charge in [0.1, 0.15) is 0 Å². The maximum Gasteiger partial charge on any atom is 0.318 e. The molecule has 0 fully saturated rings. The molecule has 84 valence electrons. The van der Waals surface area contributed by atoms with E-state index in [1.807, 2.05) is 31.2 Å². The minimum atomic E-state index is 0.355. The third-order valence-electron chi connectivity index (χ3n) is 2.17. The number of hydrazine groups is 1. The number of aromatic nitrogens is 2. The van der Waals surface area contributed by atoms with Gasteiger partial charge in [-0.3, -0.25) is 5.01 Å². The van der Waals surface area contributed by atoms with Crippen LogP contribution in [0.15, 0.2) is 24.3 Å². The van der Waals surface area contributed by atoms with Crippen LogP contribution >= 0.6 is 0 Å². The molecule has 0 radical (unpaired) electrons. The zero-order valence-electron chi connectivity index (χ0n) is 9.34. The van der Waals surface area contributed by atoms with Crippen LogP contribution in [0.1, 0.15) is 6.92 Å². The number of rotatable bonds is 3. The Morgan fingerprint density at radius 3 is 2.75 bits per heavy atom. The van der Waals surface area contributed by atoms with E-state index in [4.69, 9.17) is 10.6 Å². The molecule has 2 N–H and O–H groups in total. The molecule has 1 heterocycles. The third-order valence-corrected chi connectivity index (χ3v) is 2.17. The van der Waals surface area contributed by atoms with Crippen molar-refractivity contribution in [3.8, 4) is 6.01 Å². The molecule has 0 bridgehead atoms. The van der Waals surface area contributed by atoms with Crippen molar-refractivity contribution >= 4 is 16.7 Å². The zero-order valence-corrected chi connectivity index (χ0v) is 9.34. The molecule has 16 heavy (non-hydrogen) atoms. The second kappa shape index (κ2) is 4.32. The quantitative estimate of drug-likeness (QED) is 0.622. The molecular weight excluding hydrogens is 204 g/mol. The summed E-state index contributed by atoms with van der Waals surface area (Å²) in [7, 11) is 1.74. The van der Waals surface area contributed by atoms with E-state index < -0.39 is 0 Å². The van der Waals surface area contributed by atoms with E-state index in [0.717, 1.165) is 10.9 Å². The van der Waals surface area contributed by atoms with Crippen molar-refractivity contribution in [1.29, 1.82) is 0 Å². The fraction of sp³-hybridized carbons (Fsp3) is 0.273. The lowest BCUT2D eigenvalue weighted by atomic mass is 10.2. The van der Waals surface area contributed by atoms with Crippen LogP contribution in [0.2, 0.25) is 0 Å². The van der Waals surface area contributed by atoms with Gasteiger partial charge in [-0.25, -0.2) is 5.84 Å². The molecule has 5 heteroatoms. The lowest BCUT2D eigenvalue weighted by Gasteiger charge is -2.14. The van der Waals surface area contributed by atoms with Crippen molar-refractivity contribution in [3.63, 3.8) is 0 Å². The summed E-state index contributed by atoms with van der Waals surface area (Å²) in [6, 6.07) is 8.05. The van der Waals surface area contributed by atoms with Crippen LogP contribution in [0.4, 0.5) is 5.82 Å². The number of benzene rings is 1. The Balaban J connectivity index is 2.64. The van der Waals surface area contributed by atoms with Gasteiger partial charge in [-0.1, -0.05) is 12.1 Å². The lowest BCUT2D eigenvalue weighted by Crippen LogP contribution is -2.26. The predicted molar refractivity (Wildman–Crippen MR) is 63.3 cm³/mol. The maximum absolute atomic E-state index is 5.73. The maximum atomic E-state index is 5.73. The second-order valence-electron chi connectivity index (χ2n) is 3.39. The van der Waals surface area contributed by atoms with Crippen LogP contribution in [-0.2, 0) is 0 Å². The molecule has 2 rings (SSSR count). The molecule has 1 aromatic carbocycles. The van der Waals surface area contributed by atoms with E-state index >= 15 is 0 Å². The topological polar surface area (TPSA) is 64.3 Å². The van der Waals surface area contributed by atoms with Crippen LogP contribution in [0.3, 0.4) is 0 Å².